The molecule has 8 heteroatoms. The molecule has 2 amide bonds. The number of carbonyl (C=O) groups is 2. The van der Waals surface area contributed by atoms with Gasteiger partial charge in [-0.3, -0.25) is 14.5 Å². The van der Waals surface area contributed by atoms with E-state index in [1.54, 1.807) is 0 Å². The molecule has 2 aromatic carbocycles. The van der Waals surface area contributed by atoms with E-state index < -0.39 is 0 Å². The molecule has 0 spiro atoms. The van der Waals surface area contributed by atoms with E-state index in [9.17, 15) is 9.59 Å². The minimum atomic E-state index is -0.0534. The summed E-state index contributed by atoms with van der Waals surface area (Å²) in [4.78, 5) is 34.9. The fourth-order valence-electron chi connectivity index (χ4n) is 5.38. The van der Waals surface area contributed by atoms with Gasteiger partial charge in [-0.15, -0.1) is 0 Å². The zero-order valence-electron chi connectivity index (χ0n) is 22.4. The monoisotopic (exact) mass is 518 g/mol. The summed E-state index contributed by atoms with van der Waals surface area (Å²) in [6.45, 7) is 10.6. The minimum Gasteiger partial charge on any atom is -0.436 e. The van der Waals surface area contributed by atoms with Gasteiger partial charge in [0.2, 0.25) is 11.8 Å². The molecule has 5 rings (SSSR count). The first-order valence-corrected chi connectivity index (χ1v) is 13.8. The van der Waals surface area contributed by atoms with Crippen molar-refractivity contribution < 1.29 is 18.7 Å². The van der Waals surface area contributed by atoms with E-state index >= 15 is 0 Å². The molecule has 38 heavy (non-hydrogen) atoms. The maximum atomic E-state index is 13.2. The van der Waals surface area contributed by atoms with Crippen LogP contribution in [0.15, 0.2) is 46.9 Å². The van der Waals surface area contributed by atoms with Crippen molar-refractivity contribution in [2.45, 2.75) is 33.1 Å². The highest BCUT2D eigenvalue weighted by Crippen LogP contribution is 2.28. The summed E-state index contributed by atoms with van der Waals surface area (Å²) < 4.78 is 11.3. The average molecular weight is 519 g/mol. The van der Waals surface area contributed by atoms with Crippen molar-refractivity contribution in [1.29, 1.82) is 0 Å². The molecule has 202 valence electrons. The third-order valence-electron chi connectivity index (χ3n) is 7.93. The zero-order valence-corrected chi connectivity index (χ0v) is 22.4. The molecule has 1 N–H and O–H groups in total. The number of aromatic nitrogens is 1. The number of fused-ring (bicyclic) bond motifs is 1. The van der Waals surface area contributed by atoms with E-state index in [1.807, 2.05) is 61.2 Å². The van der Waals surface area contributed by atoms with Gasteiger partial charge in [-0.1, -0.05) is 24.6 Å². The average Bonchev–Trinajstić information content (AvgIpc) is 3.39. The number of nitrogens with one attached hydrogen (secondary N) is 1. The second kappa shape index (κ2) is 12.1. The number of carbonyl (C=O) groups excluding carboxylic acids is 2. The number of hydrogen-bond donors (Lipinski definition) is 1. The van der Waals surface area contributed by atoms with E-state index in [0.717, 1.165) is 57.7 Å². The van der Waals surface area contributed by atoms with Gasteiger partial charge in [0.1, 0.15) is 5.52 Å². The number of amides is 2. The fourth-order valence-corrected chi connectivity index (χ4v) is 5.38. The van der Waals surface area contributed by atoms with Gasteiger partial charge in [-0.25, -0.2) is 4.98 Å². The van der Waals surface area contributed by atoms with Crippen LogP contribution in [0.3, 0.4) is 0 Å². The Morgan fingerprint density at radius 2 is 1.79 bits per heavy atom. The van der Waals surface area contributed by atoms with E-state index in [0.29, 0.717) is 42.2 Å². The molecule has 1 atom stereocenters. The summed E-state index contributed by atoms with van der Waals surface area (Å²) >= 11 is 0. The second-order valence-electron chi connectivity index (χ2n) is 10.6. The van der Waals surface area contributed by atoms with Crippen molar-refractivity contribution >= 4 is 22.9 Å². The Morgan fingerprint density at radius 1 is 1.05 bits per heavy atom. The Bertz CT molecular complexity index is 1240. The molecule has 0 saturated carbocycles. The van der Waals surface area contributed by atoms with Gasteiger partial charge in [0, 0.05) is 49.8 Å². The lowest BCUT2D eigenvalue weighted by molar-refractivity contribution is -0.126. The predicted octanol–water partition coefficient (Wildman–Crippen LogP) is 4.13. The highest BCUT2D eigenvalue weighted by molar-refractivity contribution is 5.97. The van der Waals surface area contributed by atoms with E-state index in [2.05, 4.69) is 15.2 Å². The molecule has 0 aliphatic carbocycles. The van der Waals surface area contributed by atoms with Crippen molar-refractivity contribution in [3.8, 4) is 11.5 Å². The first-order chi connectivity index (χ1) is 18.5. The second-order valence-corrected chi connectivity index (χ2v) is 10.6. The van der Waals surface area contributed by atoms with Crippen LogP contribution < -0.4 is 5.32 Å². The third kappa shape index (κ3) is 6.25. The lowest BCUT2D eigenvalue weighted by atomic mass is 9.84. The van der Waals surface area contributed by atoms with Crippen molar-refractivity contribution in [2.24, 2.45) is 11.8 Å². The van der Waals surface area contributed by atoms with Crippen molar-refractivity contribution in [3.63, 3.8) is 0 Å². The first-order valence-electron chi connectivity index (χ1n) is 13.8. The standard InChI is InChI=1S/C30H38N4O4/c1-21-4-6-24(7-5-21)29-32-26-20-25(8-9-27(26)38-29)30(36)34-14-10-23(11-15-34)22(2)28(35)31-12-3-13-33-16-18-37-19-17-33/h4-9,20,22-23H,3,10-19H2,1-2H3,(H,31,35)/t22-/m0/s1. The normalized spacial score (nSPS) is 18.0. The number of morpholine rings is 1. The largest absolute Gasteiger partial charge is 0.436 e. The first kappa shape index (κ1) is 26.4. The molecule has 8 nitrogen and oxygen atoms in total. The van der Waals surface area contributed by atoms with Gasteiger partial charge in [0.25, 0.3) is 5.91 Å². The van der Waals surface area contributed by atoms with Gasteiger partial charge < -0.3 is 19.4 Å². The Hall–Kier alpha value is -3.23. The van der Waals surface area contributed by atoms with Crippen LogP contribution in [0.1, 0.15) is 42.1 Å². The topological polar surface area (TPSA) is 87.9 Å². The van der Waals surface area contributed by atoms with Gasteiger partial charge in [0.15, 0.2) is 5.58 Å². The van der Waals surface area contributed by atoms with Crippen molar-refractivity contribution in [2.75, 3.05) is 52.5 Å². The number of benzene rings is 2. The Labute approximate surface area is 224 Å². The predicted molar refractivity (Wildman–Crippen MR) is 147 cm³/mol. The molecule has 2 saturated heterocycles. The molecule has 2 aliphatic rings. The number of nitrogens with zero attached hydrogens (tertiary/aromatic N) is 3. The lowest BCUT2D eigenvalue weighted by Gasteiger charge is -2.34. The number of hydrogen-bond acceptors (Lipinski definition) is 6. The van der Waals surface area contributed by atoms with Crippen LogP contribution in [-0.2, 0) is 9.53 Å². The molecule has 2 aliphatic heterocycles. The van der Waals surface area contributed by atoms with Gasteiger partial charge in [-0.05, 0) is 69.0 Å². The zero-order chi connectivity index (χ0) is 26.5. The van der Waals surface area contributed by atoms with Gasteiger partial charge in [-0.2, -0.15) is 0 Å². The van der Waals surface area contributed by atoms with Crippen LogP contribution in [0.4, 0.5) is 0 Å². The Morgan fingerprint density at radius 3 is 2.53 bits per heavy atom. The molecule has 2 fully saturated rings. The molecule has 0 bridgehead atoms. The molecule has 0 radical (unpaired) electrons. The summed E-state index contributed by atoms with van der Waals surface area (Å²) in [6, 6.07) is 13.5. The summed E-state index contributed by atoms with van der Waals surface area (Å²) in [5, 5.41) is 3.12. The summed E-state index contributed by atoms with van der Waals surface area (Å²) in [5.41, 5.74) is 4.06. The highest BCUT2D eigenvalue weighted by Gasteiger charge is 2.30. The number of likely N-dealkylation sites (tertiary alicyclic amines) is 1. The van der Waals surface area contributed by atoms with Gasteiger partial charge >= 0.3 is 0 Å². The van der Waals surface area contributed by atoms with Crippen molar-refractivity contribution in [1.82, 2.24) is 20.1 Å². The van der Waals surface area contributed by atoms with Crippen LogP contribution in [0.5, 0.6) is 0 Å². The number of rotatable bonds is 8. The van der Waals surface area contributed by atoms with E-state index in [-0.39, 0.29) is 23.7 Å². The number of piperidine rings is 1. The summed E-state index contributed by atoms with van der Waals surface area (Å²) in [6.07, 6.45) is 2.61. The molecular formula is C30H38N4O4. The lowest BCUT2D eigenvalue weighted by Crippen LogP contribution is -2.43. The number of ether oxygens (including phenoxy) is 1. The number of aryl methyl sites for hydroxylation is 1. The van der Waals surface area contributed by atoms with E-state index in [1.165, 1.54) is 5.56 Å². The van der Waals surface area contributed by atoms with Gasteiger partial charge in [0.05, 0.1) is 13.2 Å². The smallest absolute Gasteiger partial charge is 0.253 e. The highest BCUT2D eigenvalue weighted by atomic mass is 16.5. The van der Waals surface area contributed by atoms with E-state index in [4.69, 9.17) is 9.15 Å². The number of oxazole rings is 1. The Kier molecular flexibility index (Phi) is 8.39. The molecule has 3 heterocycles. The molecule has 1 aromatic heterocycles. The van der Waals surface area contributed by atoms with Crippen molar-refractivity contribution in [3.05, 3.63) is 53.6 Å². The third-order valence-corrected chi connectivity index (χ3v) is 7.93. The summed E-state index contributed by atoms with van der Waals surface area (Å²) in [5.74, 6) is 0.914. The van der Waals surface area contributed by atoms with Crippen LogP contribution in [0.2, 0.25) is 0 Å². The maximum absolute atomic E-state index is 13.2. The van der Waals surface area contributed by atoms with Crippen LogP contribution in [-0.4, -0.2) is 79.1 Å². The quantitative estimate of drug-likeness (QED) is 0.451. The maximum Gasteiger partial charge on any atom is 0.253 e. The molecular weight excluding hydrogens is 480 g/mol. The van der Waals surface area contributed by atoms with Crippen LogP contribution >= 0.6 is 0 Å². The minimum absolute atomic E-state index is 0.00505. The van der Waals surface area contributed by atoms with Crippen LogP contribution in [0.25, 0.3) is 22.6 Å². The Balaban J connectivity index is 1.10. The molecule has 0 unspecified atom stereocenters. The summed E-state index contributed by atoms with van der Waals surface area (Å²) in [7, 11) is 0. The molecule has 3 aromatic rings. The van der Waals surface area contributed by atoms with Crippen LogP contribution in [0, 0.1) is 18.8 Å². The fraction of sp³-hybridized carbons (Fsp3) is 0.500. The SMILES string of the molecule is Cc1ccc(-c2nc3cc(C(=O)N4CCC([C@H](C)C(=O)NCCCN5CCOCC5)CC4)ccc3o2)cc1.